The van der Waals surface area contributed by atoms with Gasteiger partial charge in [-0.1, -0.05) is 6.07 Å². The topological polar surface area (TPSA) is 51.4 Å². The van der Waals surface area contributed by atoms with Crippen LogP contribution >= 0.6 is 0 Å². The summed E-state index contributed by atoms with van der Waals surface area (Å²) in [5.74, 6) is 1.02. The van der Waals surface area contributed by atoms with Crippen LogP contribution in [0.25, 0.3) is 0 Å². The molecule has 0 aliphatic carbocycles. The summed E-state index contributed by atoms with van der Waals surface area (Å²) in [6.45, 7) is 6.08. The number of hydrogen-bond acceptors (Lipinski definition) is 4. The van der Waals surface area contributed by atoms with E-state index in [0.717, 1.165) is 37.3 Å². The molecule has 4 nitrogen and oxygen atoms in total. The molecule has 2 atom stereocenters. The molecule has 1 aliphatic heterocycles. The van der Waals surface area contributed by atoms with Crippen LogP contribution in [0.2, 0.25) is 0 Å². The number of anilines is 1. The Morgan fingerprint density at radius 2 is 2.28 bits per heavy atom. The number of nitrogens with two attached hydrogens (primary N) is 1. The summed E-state index contributed by atoms with van der Waals surface area (Å²) in [5, 5.41) is 0. The van der Waals surface area contributed by atoms with Gasteiger partial charge in [0.15, 0.2) is 0 Å². The van der Waals surface area contributed by atoms with Crippen LogP contribution in [0.1, 0.15) is 38.3 Å². The van der Waals surface area contributed by atoms with Gasteiger partial charge in [0.25, 0.3) is 0 Å². The molecule has 2 heterocycles. The van der Waals surface area contributed by atoms with E-state index in [-0.39, 0.29) is 11.6 Å². The first-order chi connectivity index (χ1) is 8.54. The zero-order valence-corrected chi connectivity index (χ0v) is 11.5. The zero-order valence-electron chi connectivity index (χ0n) is 11.5. The molecule has 1 aromatic heterocycles. The first-order valence-electron chi connectivity index (χ1n) is 6.56. The van der Waals surface area contributed by atoms with Crippen molar-refractivity contribution >= 4 is 5.82 Å². The van der Waals surface area contributed by atoms with Crippen molar-refractivity contribution in [1.82, 2.24) is 4.98 Å². The maximum atomic E-state index is 5.83. The summed E-state index contributed by atoms with van der Waals surface area (Å²) in [4.78, 5) is 6.80. The van der Waals surface area contributed by atoms with Crippen LogP contribution in [0.15, 0.2) is 18.3 Å². The van der Waals surface area contributed by atoms with E-state index in [4.69, 9.17) is 10.5 Å². The van der Waals surface area contributed by atoms with Gasteiger partial charge in [-0.3, -0.25) is 0 Å². The van der Waals surface area contributed by atoms with E-state index in [0.29, 0.717) is 0 Å². The molecule has 2 rings (SSSR count). The van der Waals surface area contributed by atoms with Gasteiger partial charge in [-0.2, -0.15) is 0 Å². The largest absolute Gasteiger partial charge is 0.377 e. The minimum atomic E-state index is -0.0558. The molecule has 0 bridgehead atoms. The van der Waals surface area contributed by atoms with Crippen LogP contribution < -0.4 is 10.6 Å². The Hall–Kier alpha value is -1.13. The number of pyridine rings is 1. The average molecular weight is 249 g/mol. The number of hydrogen-bond donors (Lipinski definition) is 1. The molecule has 100 valence electrons. The second kappa shape index (κ2) is 5.24. The third-order valence-electron chi connectivity index (χ3n) is 3.77. The molecule has 0 aromatic carbocycles. The highest BCUT2D eigenvalue weighted by Crippen LogP contribution is 2.27. The summed E-state index contributed by atoms with van der Waals surface area (Å²) < 4.78 is 5.60. The molecule has 0 spiro atoms. The Labute approximate surface area is 109 Å². The highest BCUT2D eigenvalue weighted by molar-refractivity contribution is 5.41. The lowest BCUT2D eigenvalue weighted by atomic mass is 9.95. The summed E-state index contributed by atoms with van der Waals surface area (Å²) >= 11 is 0. The number of rotatable bonds is 3. The first-order valence-corrected chi connectivity index (χ1v) is 6.56. The number of nitrogens with zero attached hydrogens (tertiary/aromatic N) is 2. The zero-order chi connectivity index (χ0) is 13.2. The summed E-state index contributed by atoms with van der Waals surface area (Å²) in [5.41, 5.74) is 6.85. The van der Waals surface area contributed by atoms with E-state index >= 15 is 0 Å². The van der Waals surface area contributed by atoms with E-state index in [1.807, 2.05) is 13.1 Å². The van der Waals surface area contributed by atoms with Crippen molar-refractivity contribution in [3.63, 3.8) is 0 Å². The fourth-order valence-electron chi connectivity index (χ4n) is 2.42. The normalized spacial score (nSPS) is 26.1. The monoisotopic (exact) mass is 249 g/mol. The second-order valence-electron chi connectivity index (χ2n) is 5.42. The van der Waals surface area contributed by atoms with Crippen LogP contribution in [0.3, 0.4) is 0 Å². The van der Waals surface area contributed by atoms with E-state index < -0.39 is 0 Å². The second-order valence-corrected chi connectivity index (χ2v) is 5.42. The van der Waals surface area contributed by atoms with Crippen LogP contribution in [0.5, 0.6) is 0 Å². The minimum Gasteiger partial charge on any atom is -0.377 e. The molecule has 1 aromatic rings. The molecular formula is C14H23N3O. The van der Waals surface area contributed by atoms with Gasteiger partial charge < -0.3 is 15.4 Å². The van der Waals surface area contributed by atoms with Crippen molar-refractivity contribution in [2.75, 3.05) is 25.1 Å². The average Bonchev–Trinajstić information content (AvgIpc) is 2.39. The van der Waals surface area contributed by atoms with Crippen molar-refractivity contribution < 1.29 is 4.74 Å². The van der Waals surface area contributed by atoms with E-state index in [9.17, 15) is 0 Å². The van der Waals surface area contributed by atoms with Crippen LogP contribution in [0.4, 0.5) is 5.82 Å². The van der Waals surface area contributed by atoms with Gasteiger partial charge in [-0.05, 0) is 38.3 Å². The lowest BCUT2D eigenvalue weighted by Gasteiger charge is -2.40. The minimum absolute atomic E-state index is 0.0390. The Bertz CT molecular complexity index is 391. The first kappa shape index (κ1) is 13.3. The number of aromatic nitrogens is 1. The lowest BCUT2D eigenvalue weighted by Crippen LogP contribution is -2.47. The van der Waals surface area contributed by atoms with E-state index in [2.05, 4.69) is 28.9 Å². The molecule has 4 heteroatoms. The molecule has 0 radical (unpaired) electrons. The summed E-state index contributed by atoms with van der Waals surface area (Å²) in [7, 11) is 1.79. The van der Waals surface area contributed by atoms with Crippen LogP contribution in [-0.2, 0) is 4.74 Å². The molecule has 1 unspecified atom stereocenters. The van der Waals surface area contributed by atoms with Crippen LogP contribution in [0, 0.1) is 0 Å². The molecule has 0 saturated carbocycles. The van der Waals surface area contributed by atoms with Gasteiger partial charge in [-0.25, -0.2) is 4.98 Å². The van der Waals surface area contributed by atoms with Crippen molar-refractivity contribution in [2.45, 2.75) is 38.3 Å². The standard InChI is InChI=1S/C14H23N3O/c1-11(15)12-5-6-13(16-9-12)17-8-4-7-14(2,10-17)18-3/h5-6,9,11H,4,7-8,10,15H2,1-3H3/t11-,14?/m1/s1. The van der Waals surface area contributed by atoms with E-state index in [1.54, 1.807) is 7.11 Å². The smallest absolute Gasteiger partial charge is 0.128 e. The SMILES string of the molecule is COC1(C)CCCN(c2ccc([C@@H](C)N)cn2)C1. The van der Waals surface area contributed by atoms with Gasteiger partial charge in [0, 0.05) is 32.4 Å². The number of methoxy groups -OCH3 is 1. The van der Waals surface area contributed by atoms with Gasteiger partial charge in [0.05, 0.1) is 5.60 Å². The Balaban J connectivity index is 2.11. The van der Waals surface area contributed by atoms with Crippen molar-refractivity contribution in [3.8, 4) is 0 Å². The van der Waals surface area contributed by atoms with Crippen molar-refractivity contribution in [1.29, 1.82) is 0 Å². The highest BCUT2D eigenvalue weighted by atomic mass is 16.5. The third kappa shape index (κ3) is 2.82. The quantitative estimate of drug-likeness (QED) is 0.891. The number of piperidine rings is 1. The highest BCUT2D eigenvalue weighted by Gasteiger charge is 2.31. The van der Waals surface area contributed by atoms with Gasteiger partial charge in [0.2, 0.25) is 0 Å². The van der Waals surface area contributed by atoms with E-state index in [1.165, 1.54) is 0 Å². The summed E-state index contributed by atoms with van der Waals surface area (Å²) in [6.07, 6.45) is 4.12. The molecule has 1 aliphatic rings. The van der Waals surface area contributed by atoms with Crippen LogP contribution in [-0.4, -0.2) is 30.8 Å². The van der Waals surface area contributed by atoms with Gasteiger partial charge in [0.1, 0.15) is 5.82 Å². The summed E-state index contributed by atoms with van der Waals surface area (Å²) in [6, 6.07) is 4.16. The maximum Gasteiger partial charge on any atom is 0.128 e. The number of ether oxygens (including phenoxy) is 1. The maximum absolute atomic E-state index is 5.83. The predicted molar refractivity (Wildman–Crippen MR) is 73.7 cm³/mol. The van der Waals surface area contributed by atoms with Gasteiger partial charge >= 0.3 is 0 Å². The Morgan fingerprint density at radius 1 is 1.50 bits per heavy atom. The van der Waals surface area contributed by atoms with Crippen molar-refractivity contribution in [3.05, 3.63) is 23.9 Å². The fourth-order valence-corrected chi connectivity index (χ4v) is 2.42. The molecule has 18 heavy (non-hydrogen) atoms. The van der Waals surface area contributed by atoms with Crippen molar-refractivity contribution in [2.24, 2.45) is 5.73 Å². The third-order valence-corrected chi connectivity index (χ3v) is 3.77. The predicted octanol–water partition coefficient (Wildman–Crippen LogP) is 2.11. The lowest BCUT2D eigenvalue weighted by molar-refractivity contribution is -0.00481. The van der Waals surface area contributed by atoms with Gasteiger partial charge in [-0.15, -0.1) is 0 Å². The molecule has 1 fully saturated rings. The molecule has 1 saturated heterocycles. The molecule has 0 amide bonds. The fraction of sp³-hybridized carbons (Fsp3) is 0.643. The molecule has 2 N–H and O–H groups in total. The Kier molecular flexibility index (Phi) is 3.88. The molecular weight excluding hydrogens is 226 g/mol. The Morgan fingerprint density at radius 3 is 2.83 bits per heavy atom.